The maximum absolute atomic E-state index is 13.1. The van der Waals surface area contributed by atoms with Crippen molar-refractivity contribution in [2.24, 2.45) is 17.8 Å². The Morgan fingerprint density at radius 3 is 2.92 bits per heavy atom. The molecule has 134 valence electrons. The number of hydrogen-bond donors (Lipinski definition) is 1. The second kappa shape index (κ2) is 5.48. The van der Waals surface area contributed by atoms with Crippen molar-refractivity contribution in [1.82, 2.24) is 10.2 Å². The van der Waals surface area contributed by atoms with E-state index in [1.54, 1.807) is 0 Å². The SMILES string of the molecule is O=C(C1CC1)C1CCC2C3=CNCC=C3N3C2=C1CC=C1C=CCCC13. The maximum Gasteiger partial charge on any atom is 0.143 e. The Morgan fingerprint density at radius 2 is 2.04 bits per heavy atom. The second-order valence-electron chi connectivity index (χ2n) is 8.64. The minimum absolute atomic E-state index is 0.173. The molecule has 0 radical (unpaired) electrons. The molecule has 2 fully saturated rings. The summed E-state index contributed by atoms with van der Waals surface area (Å²) in [5.41, 5.74) is 7.31. The molecule has 0 aromatic heterocycles. The predicted octanol–water partition coefficient (Wildman–Crippen LogP) is 3.98. The van der Waals surface area contributed by atoms with E-state index in [0.717, 1.165) is 45.1 Å². The largest absolute Gasteiger partial charge is 0.387 e. The van der Waals surface area contributed by atoms with Gasteiger partial charge in [0.05, 0.1) is 6.04 Å². The second-order valence-corrected chi connectivity index (χ2v) is 8.64. The molecule has 0 aromatic carbocycles. The predicted molar refractivity (Wildman–Crippen MR) is 102 cm³/mol. The number of hydrogen-bond acceptors (Lipinski definition) is 3. The molecule has 6 rings (SSSR count). The Labute approximate surface area is 155 Å². The first-order chi connectivity index (χ1) is 12.8. The van der Waals surface area contributed by atoms with E-state index in [0.29, 0.717) is 23.7 Å². The number of ketones is 1. The average Bonchev–Trinajstić information content (AvgIpc) is 3.49. The number of nitrogens with one attached hydrogen (secondary N) is 1. The topological polar surface area (TPSA) is 32.3 Å². The molecule has 3 aliphatic carbocycles. The minimum Gasteiger partial charge on any atom is -0.387 e. The molecular formula is C23H26N2O. The zero-order chi connectivity index (χ0) is 17.3. The number of carbonyl (C=O) groups is 1. The molecule has 3 aliphatic heterocycles. The van der Waals surface area contributed by atoms with Gasteiger partial charge in [0.25, 0.3) is 0 Å². The number of fused-ring (bicyclic) bond motifs is 5. The van der Waals surface area contributed by atoms with Crippen molar-refractivity contribution >= 4 is 5.78 Å². The number of Topliss-reactive ketones (excluding diaryl/α,β-unsaturated/α-hetero) is 1. The molecule has 3 heteroatoms. The lowest BCUT2D eigenvalue weighted by Crippen LogP contribution is -2.35. The van der Waals surface area contributed by atoms with Crippen LogP contribution in [0.3, 0.4) is 0 Å². The van der Waals surface area contributed by atoms with Crippen LogP contribution >= 0.6 is 0 Å². The molecule has 3 unspecified atom stereocenters. The smallest absolute Gasteiger partial charge is 0.143 e. The fourth-order valence-electron chi connectivity index (χ4n) is 5.84. The van der Waals surface area contributed by atoms with E-state index in [2.05, 4.69) is 40.7 Å². The third-order valence-corrected chi connectivity index (χ3v) is 7.18. The number of carbonyl (C=O) groups excluding carboxylic acids is 1. The van der Waals surface area contributed by atoms with E-state index < -0.39 is 0 Å². The molecule has 1 saturated heterocycles. The molecule has 3 heterocycles. The molecule has 0 spiro atoms. The maximum atomic E-state index is 13.1. The van der Waals surface area contributed by atoms with E-state index in [1.807, 2.05) is 0 Å². The Morgan fingerprint density at radius 1 is 1.12 bits per heavy atom. The molecule has 3 nitrogen and oxygen atoms in total. The lowest BCUT2D eigenvalue weighted by molar-refractivity contribution is -0.123. The number of rotatable bonds is 2. The molecule has 0 aromatic rings. The third kappa shape index (κ3) is 2.03. The van der Waals surface area contributed by atoms with Gasteiger partial charge in [-0.25, -0.2) is 0 Å². The Bertz CT molecular complexity index is 836. The van der Waals surface area contributed by atoms with Crippen molar-refractivity contribution in [3.05, 3.63) is 58.6 Å². The highest BCUT2D eigenvalue weighted by Crippen LogP contribution is 2.55. The summed E-state index contributed by atoms with van der Waals surface area (Å²) in [6, 6.07) is 0.458. The Balaban J connectivity index is 1.53. The van der Waals surface area contributed by atoms with E-state index >= 15 is 0 Å². The third-order valence-electron chi connectivity index (χ3n) is 7.18. The summed E-state index contributed by atoms with van der Waals surface area (Å²) in [4.78, 5) is 15.7. The number of nitrogens with zero attached hydrogens (tertiary/aromatic N) is 1. The van der Waals surface area contributed by atoms with Gasteiger partial charge in [0.2, 0.25) is 0 Å². The van der Waals surface area contributed by atoms with Crippen LogP contribution in [0.5, 0.6) is 0 Å². The van der Waals surface area contributed by atoms with Crippen molar-refractivity contribution in [2.45, 2.75) is 51.0 Å². The van der Waals surface area contributed by atoms with Crippen LogP contribution in [0.15, 0.2) is 58.6 Å². The van der Waals surface area contributed by atoms with Crippen molar-refractivity contribution in [3.8, 4) is 0 Å². The molecule has 1 saturated carbocycles. The van der Waals surface area contributed by atoms with Gasteiger partial charge >= 0.3 is 0 Å². The molecule has 3 atom stereocenters. The van der Waals surface area contributed by atoms with E-state index in [1.165, 1.54) is 34.5 Å². The summed E-state index contributed by atoms with van der Waals surface area (Å²) in [6.45, 7) is 0.913. The zero-order valence-electron chi connectivity index (χ0n) is 15.2. The summed E-state index contributed by atoms with van der Waals surface area (Å²) in [7, 11) is 0. The van der Waals surface area contributed by atoms with Crippen molar-refractivity contribution in [2.75, 3.05) is 6.54 Å². The lowest BCUT2D eigenvalue weighted by Gasteiger charge is -2.37. The first-order valence-corrected chi connectivity index (χ1v) is 10.4. The zero-order valence-corrected chi connectivity index (χ0v) is 15.2. The Hall–Kier alpha value is -2.03. The summed E-state index contributed by atoms with van der Waals surface area (Å²) in [6.07, 6.45) is 19.4. The normalized spacial score (nSPS) is 34.7. The summed E-state index contributed by atoms with van der Waals surface area (Å²) < 4.78 is 0. The highest BCUT2D eigenvalue weighted by Gasteiger charge is 2.49. The van der Waals surface area contributed by atoms with Crippen LogP contribution in [0, 0.1) is 17.8 Å². The fourth-order valence-corrected chi connectivity index (χ4v) is 5.84. The Kier molecular flexibility index (Phi) is 3.18. The van der Waals surface area contributed by atoms with Gasteiger partial charge in [-0.15, -0.1) is 0 Å². The van der Waals surface area contributed by atoms with Gasteiger partial charge in [0, 0.05) is 47.5 Å². The van der Waals surface area contributed by atoms with Crippen LogP contribution in [0.25, 0.3) is 0 Å². The highest BCUT2D eigenvalue weighted by molar-refractivity contribution is 5.88. The van der Waals surface area contributed by atoms with Crippen molar-refractivity contribution in [1.29, 1.82) is 0 Å². The molecular weight excluding hydrogens is 320 g/mol. The van der Waals surface area contributed by atoms with Gasteiger partial charge in [-0.2, -0.15) is 0 Å². The summed E-state index contributed by atoms with van der Waals surface area (Å²) >= 11 is 0. The van der Waals surface area contributed by atoms with E-state index in [4.69, 9.17) is 0 Å². The molecule has 0 bridgehead atoms. The van der Waals surface area contributed by atoms with Gasteiger partial charge in [-0.1, -0.05) is 18.2 Å². The van der Waals surface area contributed by atoms with Crippen molar-refractivity contribution < 1.29 is 4.79 Å². The van der Waals surface area contributed by atoms with Gasteiger partial charge in [0.15, 0.2) is 0 Å². The van der Waals surface area contributed by atoms with Gasteiger partial charge in [0.1, 0.15) is 5.78 Å². The van der Waals surface area contributed by atoms with Gasteiger partial charge in [-0.3, -0.25) is 4.79 Å². The average molecular weight is 346 g/mol. The fraction of sp³-hybridized carbons (Fsp3) is 0.522. The van der Waals surface area contributed by atoms with Crippen molar-refractivity contribution in [3.63, 3.8) is 0 Å². The van der Waals surface area contributed by atoms with E-state index in [-0.39, 0.29) is 5.92 Å². The van der Waals surface area contributed by atoms with Crippen LogP contribution < -0.4 is 5.32 Å². The first kappa shape index (κ1) is 15.1. The molecule has 26 heavy (non-hydrogen) atoms. The quantitative estimate of drug-likeness (QED) is 0.821. The highest BCUT2D eigenvalue weighted by atomic mass is 16.1. The monoisotopic (exact) mass is 346 g/mol. The van der Waals surface area contributed by atoms with Crippen LogP contribution in [-0.2, 0) is 4.79 Å². The van der Waals surface area contributed by atoms with E-state index in [9.17, 15) is 4.79 Å². The lowest BCUT2D eigenvalue weighted by atomic mass is 9.74. The van der Waals surface area contributed by atoms with Gasteiger partial charge in [-0.05, 0) is 62.2 Å². The summed E-state index contributed by atoms with van der Waals surface area (Å²) in [5.74, 6) is 1.57. The van der Waals surface area contributed by atoms with Crippen LogP contribution in [-0.4, -0.2) is 23.3 Å². The first-order valence-electron chi connectivity index (χ1n) is 10.4. The molecule has 6 aliphatic rings. The van der Waals surface area contributed by atoms with Crippen LogP contribution in [0.1, 0.15) is 44.9 Å². The summed E-state index contributed by atoms with van der Waals surface area (Å²) in [5, 5.41) is 3.44. The van der Waals surface area contributed by atoms with Gasteiger partial charge < -0.3 is 10.2 Å². The molecule has 0 amide bonds. The number of dihydropyridines is 1. The minimum atomic E-state index is 0.173. The van der Waals surface area contributed by atoms with Crippen LogP contribution in [0.2, 0.25) is 0 Å². The molecule has 1 N–H and O–H groups in total. The van der Waals surface area contributed by atoms with Crippen LogP contribution in [0.4, 0.5) is 0 Å². The standard InChI is InChI=1S/C23H26N2O/c26-23(15-5-6-15)18-10-9-17-19-13-24-12-11-21(19)25-20-4-2-1-3-14(20)7-8-16(18)22(17)25/h1,3,7,11,13,15,17-18,20,24H,2,4-6,8-10,12H2. The number of allylic oxidation sites excluding steroid dienone is 5.